The third-order valence-electron chi connectivity index (χ3n) is 4.41. The molecule has 25 heavy (non-hydrogen) atoms. The van der Waals surface area contributed by atoms with E-state index in [-0.39, 0.29) is 18.4 Å². The Bertz CT molecular complexity index is 575. The Balaban J connectivity index is 1.75. The van der Waals surface area contributed by atoms with Crippen molar-refractivity contribution in [2.75, 3.05) is 45.9 Å². The van der Waals surface area contributed by atoms with E-state index in [1.54, 1.807) is 0 Å². The molecule has 1 fully saturated rings. The van der Waals surface area contributed by atoms with Gasteiger partial charge in [0.1, 0.15) is 5.75 Å². The summed E-state index contributed by atoms with van der Waals surface area (Å²) in [5, 5.41) is 2.88. The number of ether oxygens (including phenoxy) is 1. The number of aryl methyl sites for hydroxylation is 2. The molecule has 0 aliphatic carbocycles. The predicted octanol–water partition coefficient (Wildman–Crippen LogP) is 1.35. The van der Waals surface area contributed by atoms with Crippen molar-refractivity contribution in [1.82, 2.24) is 15.1 Å². The van der Waals surface area contributed by atoms with Gasteiger partial charge in [0.05, 0.1) is 6.54 Å². The Labute approximate surface area is 150 Å². The first kappa shape index (κ1) is 19.2. The van der Waals surface area contributed by atoms with Gasteiger partial charge >= 0.3 is 0 Å². The lowest BCUT2D eigenvalue weighted by Crippen LogP contribution is -2.52. The molecule has 1 aromatic carbocycles. The zero-order valence-corrected chi connectivity index (χ0v) is 15.5. The molecule has 1 aliphatic rings. The number of benzene rings is 1. The van der Waals surface area contributed by atoms with Crippen molar-refractivity contribution in [3.8, 4) is 5.75 Å². The monoisotopic (exact) mass is 347 g/mol. The largest absolute Gasteiger partial charge is 0.483 e. The Kier molecular flexibility index (Phi) is 7.25. The van der Waals surface area contributed by atoms with E-state index in [0.717, 1.165) is 23.3 Å². The summed E-state index contributed by atoms with van der Waals surface area (Å²) in [4.78, 5) is 28.0. The molecule has 0 bridgehead atoms. The van der Waals surface area contributed by atoms with Crippen molar-refractivity contribution in [1.29, 1.82) is 0 Å². The van der Waals surface area contributed by atoms with Gasteiger partial charge in [-0.2, -0.15) is 0 Å². The summed E-state index contributed by atoms with van der Waals surface area (Å²) in [6.07, 6.45) is 0.939. The molecule has 138 valence electrons. The van der Waals surface area contributed by atoms with Gasteiger partial charge < -0.3 is 15.0 Å². The van der Waals surface area contributed by atoms with E-state index in [0.29, 0.717) is 39.3 Å². The van der Waals surface area contributed by atoms with E-state index in [2.05, 4.69) is 10.2 Å². The number of nitrogens with one attached hydrogen (secondary N) is 1. The maximum absolute atomic E-state index is 12.4. The Morgan fingerprint density at radius 1 is 1.12 bits per heavy atom. The highest BCUT2D eigenvalue weighted by Gasteiger charge is 2.22. The molecule has 1 N–H and O–H groups in total. The summed E-state index contributed by atoms with van der Waals surface area (Å²) in [7, 11) is 0. The first-order valence-corrected chi connectivity index (χ1v) is 8.97. The van der Waals surface area contributed by atoms with Crippen molar-refractivity contribution >= 4 is 11.8 Å². The molecular formula is C19H29N3O3. The van der Waals surface area contributed by atoms with E-state index >= 15 is 0 Å². The minimum atomic E-state index is -0.00209. The molecule has 1 saturated heterocycles. The Hall–Kier alpha value is -2.08. The molecule has 1 aromatic rings. The Morgan fingerprint density at radius 3 is 2.36 bits per heavy atom. The molecule has 2 amide bonds. The maximum Gasteiger partial charge on any atom is 0.260 e. The number of piperazine rings is 1. The highest BCUT2D eigenvalue weighted by Crippen LogP contribution is 2.22. The van der Waals surface area contributed by atoms with Crippen LogP contribution >= 0.6 is 0 Å². The minimum absolute atomic E-state index is 0.00209. The fourth-order valence-electron chi connectivity index (χ4n) is 2.93. The SMILES string of the molecule is CCCNC(=O)CN1CCN(C(=O)COc2c(C)cccc2C)CC1. The number of amides is 2. The zero-order valence-electron chi connectivity index (χ0n) is 15.5. The zero-order chi connectivity index (χ0) is 18.2. The van der Waals surface area contributed by atoms with Gasteiger partial charge in [0.15, 0.2) is 6.61 Å². The summed E-state index contributed by atoms with van der Waals surface area (Å²) in [5.74, 6) is 0.847. The van der Waals surface area contributed by atoms with Crippen molar-refractivity contribution in [2.45, 2.75) is 27.2 Å². The number of carbonyl (C=O) groups is 2. The molecule has 0 unspecified atom stereocenters. The number of hydrogen-bond donors (Lipinski definition) is 1. The fraction of sp³-hybridized carbons (Fsp3) is 0.579. The van der Waals surface area contributed by atoms with E-state index in [9.17, 15) is 9.59 Å². The fourth-order valence-corrected chi connectivity index (χ4v) is 2.93. The van der Waals surface area contributed by atoms with Crippen LogP contribution < -0.4 is 10.1 Å². The molecule has 0 spiro atoms. The standard InChI is InChI=1S/C19H29N3O3/c1-4-8-20-17(23)13-21-9-11-22(12-10-21)18(24)14-25-19-15(2)6-5-7-16(19)3/h5-7H,4,8-14H2,1-3H3,(H,20,23). The highest BCUT2D eigenvalue weighted by atomic mass is 16.5. The molecule has 0 saturated carbocycles. The first-order valence-electron chi connectivity index (χ1n) is 8.97. The van der Waals surface area contributed by atoms with Gasteiger partial charge in [-0.05, 0) is 31.4 Å². The molecular weight excluding hydrogens is 318 g/mol. The molecule has 2 rings (SSSR count). The van der Waals surface area contributed by atoms with E-state index in [1.807, 2.05) is 43.9 Å². The van der Waals surface area contributed by atoms with Crippen LogP contribution in [0.1, 0.15) is 24.5 Å². The van der Waals surface area contributed by atoms with Crippen LogP contribution in [-0.4, -0.2) is 67.5 Å². The van der Waals surface area contributed by atoms with Gasteiger partial charge in [0.25, 0.3) is 5.91 Å². The molecule has 1 aliphatic heterocycles. The van der Waals surface area contributed by atoms with Crippen molar-refractivity contribution in [3.05, 3.63) is 29.3 Å². The number of para-hydroxylation sites is 1. The topological polar surface area (TPSA) is 61.9 Å². The second-order valence-electron chi connectivity index (χ2n) is 6.52. The second kappa shape index (κ2) is 9.42. The third-order valence-corrected chi connectivity index (χ3v) is 4.41. The van der Waals surface area contributed by atoms with E-state index < -0.39 is 0 Å². The van der Waals surface area contributed by atoms with Crippen LogP contribution in [0.25, 0.3) is 0 Å². The summed E-state index contributed by atoms with van der Waals surface area (Å²) < 4.78 is 5.75. The van der Waals surface area contributed by atoms with Crippen LogP contribution in [0.3, 0.4) is 0 Å². The lowest BCUT2D eigenvalue weighted by molar-refractivity contribution is -0.135. The molecule has 6 heteroatoms. The van der Waals surface area contributed by atoms with Crippen molar-refractivity contribution < 1.29 is 14.3 Å². The lowest BCUT2D eigenvalue weighted by atomic mass is 10.1. The number of rotatable bonds is 7. The van der Waals surface area contributed by atoms with Crippen LogP contribution in [0.4, 0.5) is 0 Å². The van der Waals surface area contributed by atoms with Crippen LogP contribution in [-0.2, 0) is 9.59 Å². The quantitative estimate of drug-likeness (QED) is 0.809. The van der Waals surface area contributed by atoms with Crippen LogP contribution in [0.15, 0.2) is 18.2 Å². The average molecular weight is 347 g/mol. The summed E-state index contributed by atoms with van der Waals surface area (Å²) in [6, 6.07) is 5.94. The molecule has 1 heterocycles. The van der Waals surface area contributed by atoms with Gasteiger partial charge in [0.2, 0.25) is 5.91 Å². The van der Waals surface area contributed by atoms with E-state index in [4.69, 9.17) is 4.74 Å². The predicted molar refractivity (Wildman–Crippen MR) is 97.7 cm³/mol. The first-order chi connectivity index (χ1) is 12.0. The summed E-state index contributed by atoms with van der Waals surface area (Å²) in [6.45, 7) is 9.88. The van der Waals surface area contributed by atoms with Gasteiger partial charge in [-0.3, -0.25) is 14.5 Å². The van der Waals surface area contributed by atoms with Crippen LogP contribution in [0.5, 0.6) is 5.75 Å². The summed E-state index contributed by atoms with van der Waals surface area (Å²) >= 11 is 0. The highest BCUT2D eigenvalue weighted by molar-refractivity contribution is 5.79. The van der Waals surface area contributed by atoms with Gasteiger partial charge in [-0.1, -0.05) is 25.1 Å². The summed E-state index contributed by atoms with van der Waals surface area (Å²) in [5.41, 5.74) is 2.08. The average Bonchev–Trinajstić information content (AvgIpc) is 2.60. The smallest absolute Gasteiger partial charge is 0.260 e. The number of hydrogen-bond acceptors (Lipinski definition) is 4. The lowest BCUT2D eigenvalue weighted by Gasteiger charge is -2.34. The Morgan fingerprint density at radius 2 is 1.76 bits per heavy atom. The normalized spacial score (nSPS) is 15.1. The number of carbonyl (C=O) groups excluding carboxylic acids is 2. The molecule has 6 nitrogen and oxygen atoms in total. The van der Waals surface area contributed by atoms with E-state index in [1.165, 1.54) is 0 Å². The number of nitrogens with zero attached hydrogens (tertiary/aromatic N) is 2. The van der Waals surface area contributed by atoms with Crippen LogP contribution in [0, 0.1) is 13.8 Å². The minimum Gasteiger partial charge on any atom is -0.483 e. The van der Waals surface area contributed by atoms with Gasteiger partial charge in [0, 0.05) is 32.7 Å². The van der Waals surface area contributed by atoms with Crippen LogP contribution in [0.2, 0.25) is 0 Å². The molecule has 0 radical (unpaired) electrons. The molecule has 0 aromatic heterocycles. The van der Waals surface area contributed by atoms with Crippen molar-refractivity contribution in [3.63, 3.8) is 0 Å². The maximum atomic E-state index is 12.4. The molecule has 0 atom stereocenters. The third kappa shape index (κ3) is 5.74. The van der Waals surface area contributed by atoms with Gasteiger partial charge in [-0.15, -0.1) is 0 Å². The van der Waals surface area contributed by atoms with Gasteiger partial charge in [-0.25, -0.2) is 0 Å². The van der Waals surface area contributed by atoms with Crippen molar-refractivity contribution in [2.24, 2.45) is 0 Å². The second-order valence-corrected chi connectivity index (χ2v) is 6.52.